The van der Waals surface area contributed by atoms with Crippen LogP contribution in [0.1, 0.15) is 26.2 Å². The summed E-state index contributed by atoms with van der Waals surface area (Å²) < 4.78 is 5.36. The molecule has 0 atom stereocenters. The minimum Gasteiger partial charge on any atom is -0.382 e. The molecule has 2 N–H and O–H groups in total. The van der Waals surface area contributed by atoms with Gasteiger partial charge in [-0.25, -0.2) is 0 Å². The van der Waals surface area contributed by atoms with Gasteiger partial charge in [0.1, 0.15) is 0 Å². The minimum absolute atomic E-state index is 0.831. The van der Waals surface area contributed by atoms with Gasteiger partial charge in [0, 0.05) is 45.9 Å². The first-order valence-electron chi connectivity index (χ1n) is 7.09. The second-order valence-electron chi connectivity index (χ2n) is 4.73. The fraction of sp³-hybridized carbons (Fsp3) is 1.00. The smallest absolute Gasteiger partial charge is 0.0478 e. The third-order valence-electron chi connectivity index (χ3n) is 3.36. The zero-order chi connectivity index (χ0) is 12.3. The van der Waals surface area contributed by atoms with Gasteiger partial charge in [-0.15, -0.1) is 0 Å². The van der Waals surface area contributed by atoms with E-state index in [1.165, 1.54) is 52.1 Å². The molecule has 0 spiro atoms. The topological polar surface area (TPSA) is 41.7 Å². The number of ether oxygens (including phenoxy) is 1. The molecule has 0 saturated carbocycles. The van der Waals surface area contributed by atoms with Gasteiger partial charge in [0.2, 0.25) is 0 Å². The van der Waals surface area contributed by atoms with Crippen LogP contribution in [0, 0.1) is 0 Å². The van der Waals surface area contributed by atoms with E-state index in [1.54, 1.807) is 0 Å². The van der Waals surface area contributed by atoms with Gasteiger partial charge in [-0.1, -0.05) is 0 Å². The maximum Gasteiger partial charge on any atom is 0.0478 e. The predicted octanol–water partition coefficient (Wildman–Crippen LogP) is 0.770. The van der Waals surface area contributed by atoms with Crippen LogP contribution in [-0.4, -0.2) is 68.8 Å². The van der Waals surface area contributed by atoms with E-state index < -0.39 is 0 Å². The van der Waals surface area contributed by atoms with Crippen LogP contribution in [0.4, 0.5) is 0 Å². The molecule has 4 heteroatoms. The molecule has 0 aromatic heterocycles. The maximum atomic E-state index is 5.51. The highest BCUT2D eigenvalue weighted by molar-refractivity contribution is 4.71. The summed E-state index contributed by atoms with van der Waals surface area (Å²) in [6.07, 6.45) is 3.58. The lowest BCUT2D eigenvalue weighted by Gasteiger charge is -2.34. The highest BCUT2D eigenvalue weighted by Gasteiger charge is 2.15. The average Bonchev–Trinajstić information content (AvgIpc) is 2.37. The van der Waals surface area contributed by atoms with E-state index in [-0.39, 0.29) is 0 Å². The van der Waals surface area contributed by atoms with E-state index in [2.05, 4.69) is 16.7 Å². The fourth-order valence-electron chi connectivity index (χ4n) is 2.25. The number of rotatable bonds is 9. The molecule has 1 fully saturated rings. The zero-order valence-corrected chi connectivity index (χ0v) is 11.4. The molecule has 0 radical (unpaired) electrons. The second-order valence-corrected chi connectivity index (χ2v) is 4.73. The van der Waals surface area contributed by atoms with Crippen molar-refractivity contribution in [1.82, 2.24) is 9.80 Å². The van der Waals surface area contributed by atoms with Crippen LogP contribution in [0.25, 0.3) is 0 Å². The Balaban J connectivity index is 1.97. The van der Waals surface area contributed by atoms with Crippen molar-refractivity contribution in [3.63, 3.8) is 0 Å². The molecule has 1 saturated heterocycles. The van der Waals surface area contributed by atoms with Crippen molar-refractivity contribution in [2.24, 2.45) is 5.73 Å². The van der Waals surface area contributed by atoms with Crippen molar-refractivity contribution in [1.29, 1.82) is 0 Å². The summed E-state index contributed by atoms with van der Waals surface area (Å²) in [4.78, 5) is 5.12. The van der Waals surface area contributed by atoms with Gasteiger partial charge >= 0.3 is 0 Å². The Morgan fingerprint density at radius 3 is 2.06 bits per heavy atom. The third-order valence-corrected chi connectivity index (χ3v) is 3.36. The van der Waals surface area contributed by atoms with E-state index in [1.807, 2.05) is 0 Å². The Kier molecular flexibility index (Phi) is 8.61. The summed E-state index contributed by atoms with van der Waals surface area (Å²) in [7, 11) is 0. The number of unbranched alkanes of at least 4 members (excludes halogenated alkanes) is 1. The molecule has 1 aliphatic rings. The molecule has 1 aliphatic heterocycles. The summed E-state index contributed by atoms with van der Waals surface area (Å²) in [6.45, 7) is 11.9. The first-order valence-corrected chi connectivity index (χ1v) is 7.09. The van der Waals surface area contributed by atoms with Crippen LogP contribution in [-0.2, 0) is 4.74 Å². The number of hydrogen-bond acceptors (Lipinski definition) is 4. The largest absolute Gasteiger partial charge is 0.382 e. The van der Waals surface area contributed by atoms with Gasteiger partial charge in [0.25, 0.3) is 0 Å². The standard InChI is InChI=1S/C13H29N3O/c1-2-17-13-5-8-16-11-9-15(10-12-16)7-4-3-6-14/h2-14H2,1H3. The molecule has 0 aromatic carbocycles. The predicted molar refractivity (Wildman–Crippen MR) is 72.3 cm³/mol. The van der Waals surface area contributed by atoms with Crippen LogP contribution in [0.15, 0.2) is 0 Å². The quantitative estimate of drug-likeness (QED) is 0.607. The van der Waals surface area contributed by atoms with E-state index in [0.29, 0.717) is 0 Å². The van der Waals surface area contributed by atoms with Gasteiger partial charge < -0.3 is 20.3 Å². The van der Waals surface area contributed by atoms with Crippen molar-refractivity contribution in [2.75, 3.05) is 59.0 Å². The fourth-order valence-corrected chi connectivity index (χ4v) is 2.25. The lowest BCUT2D eigenvalue weighted by atomic mass is 10.2. The maximum absolute atomic E-state index is 5.51. The van der Waals surface area contributed by atoms with E-state index in [4.69, 9.17) is 10.5 Å². The lowest BCUT2D eigenvalue weighted by Crippen LogP contribution is -2.46. The SMILES string of the molecule is CCOCCCN1CCN(CCCCN)CC1. The van der Waals surface area contributed by atoms with Crippen LogP contribution in [0.2, 0.25) is 0 Å². The Hall–Kier alpha value is -0.160. The van der Waals surface area contributed by atoms with E-state index >= 15 is 0 Å². The Labute approximate surface area is 106 Å². The Bertz CT molecular complexity index is 170. The van der Waals surface area contributed by atoms with Crippen LogP contribution in [0.3, 0.4) is 0 Å². The molecule has 0 amide bonds. The van der Waals surface area contributed by atoms with Crippen LogP contribution < -0.4 is 5.73 Å². The van der Waals surface area contributed by atoms with Crippen LogP contribution >= 0.6 is 0 Å². The Morgan fingerprint density at radius 1 is 0.941 bits per heavy atom. The van der Waals surface area contributed by atoms with Crippen molar-refractivity contribution in [2.45, 2.75) is 26.2 Å². The zero-order valence-electron chi connectivity index (χ0n) is 11.4. The third kappa shape index (κ3) is 6.99. The van der Waals surface area contributed by atoms with E-state index in [9.17, 15) is 0 Å². The van der Waals surface area contributed by atoms with Gasteiger partial charge in [0.15, 0.2) is 0 Å². The molecule has 1 heterocycles. The molecule has 17 heavy (non-hydrogen) atoms. The van der Waals surface area contributed by atoms with Crippen molar-refractivity contribution >= 4 is 0 Å². The van der Waals surface area contributed by atoms with Gasteiger partial charge in [0.05, 0.1) is 0 Å². The molecule has 0 aliphatic carbocycles. The van der Waals surface area contributed by atoms with Gasteiger partial charge in [-0.05, 0) is 39.3 Å². The number of nitrogens with zero attached hydrogens (tertiary/aromatic N) is 2. The highest BCUT2D eigenvalue weighted by Crippen LogP contribution is 2.04. The second kappa shape index (κ2) is 9.83. The molecular weight excluding hydrogens is 214 g/mol. The first kappa shape index (κ1) is 14.9. The van der Waals surface area contributed by atoms with Gasteiger partial charge in [-0.2, -0.15) is 0 Å². The summed E-state index contributed by atoms with van der Waals surface area (Å²) in [5, 5.41) is 0. The molecule has 102 valence electrons. The van der Waals surface area contributed by atoms with E-state index in [0.717, 1.165) is 26.2 Å². The number of piperazine rings is 1. The van der Waals surface area contributed by atoms with Crippen LogP contribution in [0.5, 0.6) is 0 Å². The molecule has 1 rings (SSSR count). The molecule has 0 unspecified atom stereocenters. The summed E-state index contributed by atoms with van der Waals surface area (Å²) in [6, 6.07) is 0. The molecule has 0 aromatic rings. The van der Waals surface area contributed by atoms with Crippen molar-refractivity contribution < 1.29 is 4.74 Å². The monoisotopic (exact) mass is 243 g/mol. The highest BCUT2D eigenvalue weighted by atomic mass is 16.5. The molecule has 4 nitrogen and oxygen atoms in total. The summed E-state index contributed by atoms with van der Waals surface area (Å²) in [5.41, 5.74) is 5.51. The number of hydrogen-bond donors (Lipinski definition) is 1. The molecular formula is C13H29N3O. The van der Waals surface area contributed by atoms with Crippen molar-refractivity contribution in [3.05, 3.63) is 0 Å². The average molecular weight is 243 g/mol. The minimum atomic E-state index is 0.831. The van der Waals surface area contributed by atoms with Crippen molar-refractivity contribution in [3.8, 4) is 0 Å². The molecule has 0 bridgehead atoms. The van der Waals surface area contributed by atoms with Gasteiger partial charge in [-0.3, -0.25) is 0 Å². The lowest BCUT2D eigenvalue weighted by molar-refractivity contribution is 0.104. The normalized spacial score (nSPS) is 18.7. The summed E-state index contributed by atoms with van der Waals surface area (Å²) >= 11 is 0. The Morgan fingerprint density at radius 2 is 1.53 bits per heavy atom. The first-order chi connectivity index (χ1) is 8.36. The number of nitrogens with two attached hydrogens (primary N) is 1. The summed E-state index contributed by atoms with van der Waals surface area (Å²) in [5.74, 6) is 0.